The number of para-hydroxylation sites is 3. The minimum Gasteiger partial charge on any atom is -0.456 e. The van der Waals surface area contributed by atoms with E-state index in [0.717, 1.165) is 83.8 Å². The maximum Gasteiger partial charge on any atom is 0.503 e. The van der Waals surface area contributed by atoms with E-state index in [-0.39, 0.29) is 16.2 Å². The van der Waals surface area contributed by atoms with Crippen molar-refractivity contribution in [2.75, 3.05) is 0 Å². The third kappa shape index (κ3) is 10.0. The van der Waals surface area contributed by atoms with Crippen LogP contribution >= 0.6 is 0 Å². The van der Waals surface area contributed by atoms with Gasteiger partial charge in [-0.3, -0.25) is 4.57 Å². The van der Waals surface area contributed by atoms with Gasteiger partial charge in [-0.2, -0.15) is 0 Å². The lowest BCUT2D eigenvalue weighted by atomic mass is 9.85. The second kappa shape index (κ2) is 20.6. The van der Waals surface area contributed by atoms with Crippen LogP contribution in [0.3, 0.4) is 0 Å². The summed E-state index contributed by atoms with van der Waals surface area (Å²) in [6.07, 6.45) is 1.84. The maximum absolute atomic E-state index is 7.35. The maximum atomic E-state index is 7.35. The van der Waals surface area contributed by atoms with Crippen molar-refractivity contribution in [2.45, 2.75) is 78.6 Å². The number of nitrogens with zero attached hydrogens (tertiary/aromatic N) is 7. The number of ether oxygens (including phenoxy) is 1. The average Bonchev–Trinajstić information content (AvgIpc) is 3.88. The summed E-state index contributed by atoms with van der Waals surface area (Å²) in [5.41, 5.74) is 16.5. The molecule has 0 aliphatic carbocycles. The normalized spacial score (nSPS) is 12.6. The highest BCUT2D eigenvalue weighted by Gasteiger charge is 2.39. The average molecular weight is 1080 g/mol. The molecule has 13 rings (SSSR count). The second-order valence-electron chi connectivity index (χ2n) is 24.6. The van der Waals surface area contributed by atoms with E-state index in [9.17, 15) is 0 Å². The van der Waals surface area contributed by atoms with Crippen molar-refractivity contribution in [2.24, 2.45) is 0 Å². The standard InChI is InChI=1S/C75H65N7O/c1-73(2,3)53-37-33-49(34-38-53)58-28-21-29-59(50-35-39-54(40-36-50)74(4,5)6)69(58)81-48-80(64-30-16-17-31-65(64)81)56-26-20-27-57(45-56)83-67-47-66-61(60-44-55(75(7,8)9)41-42-63(60)82(66)68-32-18-19-43-76-68)46-62(67)72-78-70(51-22-12-10-13-23-51)77-71(79-72)52-24-14-11-15-25-52/h10-47H,1-9H3/q+2. The lowest BCUT2D eigenvalue weighted by Crippen LogP contribution is -2.10. The summed E-state index contributed by atoms with van der Waals surface area (Å²) in [6, 6.07) is 82.8. The van der Waals surface area contributed by atoms with E-state index in [1.165, 1.54) is 16.7 Å². The first-order chi connectivity index (χ1) is 40.0. The van der Waals surface area contributed by atoms with Crippen molar-refractivity contribution >= 4 is 50.6 Å². The van der Waals surface area contributed by atoms with Gasteiger partial charge in [0.15, 0.2) is 17.5 Å². The fourth-order valence-electron chi connectivity index (χ4n) is 11.2. The van der Waals surface area contributed by atoms with E-state index in [1.807, 2.05) is 91.1 Å². The van der Waals surface area contributed by atoms with Crippen LogP contribution in [0.2, 0.25) is 0 Å². The lowest BCUT2D eigenvalue weighted by Gasteiger charge is -2.20. The van der Waals surface area contributed by atoms with Gasteiger partial charge in [-0.05, 0) is 102 Å². The molecule has 1 aliphatic heterocycles. The fraction of sp³-hybridized carbons (Fsp3) is 0.160. The summed E-state index contributed by atoms with van der Waals surface area (Å²) < 4.78 is 14.0. The molecule has 83 heavy (non-hydrogen) atoms. The molecular formula is C75H65N7O+2. The van der Waals surface area contributed by atoms with Gasteiger partial charge in [-0.1, -0.05) is 208 Å². The Kier molecular flexibility index (Phi) is 13.0. The summed E-state index contributed by atoms with van der Waals surface area (Å²) in [4.78, 5) is 20.6. The second-order valence-corrected chi connectivity index (χ2v) is 24.6. The van der Waals surface area contributed by atoms with Crippen molar-refractivity contribution in [1.82, 2.24) is 33.7 Å². The molecule has 0 saturated carbocycles. The van der Waals surface area contributed by atoms with Gasteiger partial charge in [0, 0.05) is 52.4 Å². The van der Waals surface area contributed by atoms with E-state index in [2.05, 4.69) is 222 Å². The van der Waals surface area contributed by atoms with Gasteiger partial charge in [-0.15, -0.1) is 0 Å². The molecule has 0 unspecified atom stereocenters. The number of hydrogen-bond donors (Lipinski definition) is 0. The highest BCUT2D eigenvalue weighted by molar-refractivity contribution is 6.11. The zero-order valence-electron chi connectivity index (χ0n) is 48.5. The molecule has 8 nitrogen and oxygen atoms in total. The smallest absolute Gasteiger partial charge is 0.456 e. The van der Waals surface area contributed by atoms with Crippen LogP contribution in [0.4, 0.5) is 22.7 Å². The highest BCUT2D eigenvalue weighted by atomic mass is 16.5. The van der Waals surface area contributed by atoms with Gasteiger partial charge in [0.25, 0.3) is 11.4 Å². The van der Waals surface area contributed by atoms with Gasteiger partial charge >= 0.3 is 6.01 Å². The predicted molar refractivity (Wildman–Crippen MR) is 343 cm³/mol. The van der Waals surface area contributed by atoms with Crippen molar-refractivity contribution in [1.29, 1.82) is 0 Å². The van der Waals surface area contributed by atoms with Crippen LogP contribution < -0.4 is 13.9 Å². The molecule has 0 amide bonds. The molecule has 0 spiro atoms. The van der Waals surface area contributed by atoms with Crippen LogP contribution in [-0.4, -0.2) is 30.5 Å². The SMILES string of the molecule is CC(C)(C)c1ccc(-c2cccc(-c3ccc(C(C)(C)C)cc3)c2[N+]2=C=[N+](c3cccc(Oc4cc5c(cc4-c4nc(-c6ccccc6)nc(-c6ccccc6)n4)c4cc(C(C)(C)C)ccc4n5-c4ccccn4)c3)c3ccccc32)cc1. The number of fused-ring (bicyclic) bond motifs is 4. The number of hydrogen-bond acceptors (Lipinski definition) is 5. The first-order valence-corrected chi connectivity index (χ1v) is 28.5. The van der Waals surface area contributed by atoms with Crippen molar-refractivity contribution in [3.63, 3.8) is 0 Å². The van der Waals surface area contributed by atoms with Crippen molar-refractivity contribution in [3.05, 3.63) is 247 Å². The van der Waals surface area contributed by atoms with Gasteiger partial charge in [0.05, 0.1) is 33.8 Å². The molecule has 404 valence electrons. The van der Waals surface area contributed by atoms with Crippen LogP contribution in [0, 0.1) is 0 Å². The van der Waals surface area contributed by atoms with E-state index >= 15 is 0 Å². The monoisotopic (exact) mass is 1080 g/mol. The molecule has 0 fully saturated rings. The molecule has 0 N–H and O–H groups in total. The van der Waals surface area contributed by atoms with Crippen molar-refractivity contribution < 1.29 is 4.74 Å². The molecular weight excluding hydrogens is 1010 g/mol. The van der Waals surface area contributed by atoms with Gasteiger partial charge in [-0.25, -0.2) is 19.9 Å². The molecule has 8 heteroatoms. The largest absolute Gasteiger partial charge is 0.503 e. The Labute approximate surface area is 486 Å². The zero-order valence-corrected chi connectivity index (χ0v) is 48.5. The Morgan fingerprint density at radius 2 is 0.916 bits per heavy atom. The summed E-state index contributed by atoms with van der Waals surface area (Å²) in [7, 11) is 0. The van der Waals surface area contributed by atoms with Crippen LogP contribution in [0.5, 0.6) is 11.5 Å². The number of pyridine rings is 1. The quantitative estimate of drug-likeness (QED) is 0.128. The van der Waals surface area contributed by atoms with Crippen LogP contribution in [0.1, 0.15) is 79.0 Å². The molecule has 0 saturated heterocycles. The molecule has 0 atom stereocenters. The van der Waals surface area contributed by atoms with Crippen molar-refractivity contribution in [3.8, 4) is 73.7 Å². The molecule has 0 radical (unpaired) electrons. The fourth-order valence-corrected chi connectivity index (χ4v) is 11.2. The van der Waals surface area contributed by atoms with Gasteiger partial charge in [0.2, 0.25) is 11.4 Å². The summed E-state index contributed by atoms with van der Waals surface area (Å²) in [5, 5.41) is 2.11. The molecule has 0 bridgehead atoms. The predicted octanol–water partition coefficient (Wildman–Crippen LogP) is 19.2. The Balaban J connectivity index is 1.02. The van der Waals surface area contributed by atoms with E-state index < -0.39 is 0 Å². The summed E-state index contributed by atoms with van der Waals surface area (Å²) >= 11 is 0. The van der Waals surface area contributed by atoms with Crippen LogP contribution in [-0.2, 0) is 16.2 Å². The summed E-state index contributed by atoms with van der Waals surface area (Å²) in [6.45, 7) is 20.3. The Hall–Kier alpha value is -9.88. The molecule has 9 aromatic carbocycles. The third-order valence-corrected chi connectivity index (χ3v) is 15.8. The van der Waals surface area contributed by atoms with Crippen LogP contribution in [0.15, 0.2) is 231 Å². The minimum absolute atomic E-state index is 0.0151. The Morgan fingerprint density at radius 1 is 0.398 bits per heavy atom. The minimum atomic E-state index is -0.0992. The number of rotatable bonds is 10. The summed E-state index contributed by atoms with van der Waals surface area (Å²) in [5.74, 6) is 3.59. The molecule has 3 aromatic heterocycles. The first-order valence-electron chi connectivity index (χ1n) is 28.5. The molecule has 12 aromatic rings. The number of aromatic nitrogens is 5. The lowest BCUT2D eigenvalue weighted by molar-refractivity contribution is 0.484. The third-order valence-electron chi connectivity index (χ3n) is 15.8. The molecule has 4 heterocycles. The number of benzene rings is 9. The van der Waals surface area contributed by atoms with E-state index in [0.29, 0.717) is 34.5 Å². The van der Waals surface area contributed by atoms with E-state index in [4.69, 9.17) is 24.7 Å². The van der Waals surface area contributed by atoms with Crippen LogP contribution in [0.25, 0.3) is 84.0 Å². The first kappa shape index (κ1) is 52.5. The van der Waals surface area contributed by atoms with Gasteiger partial charge in [0.1, 0.15) is 17.3 Å². The Bertz CT molecular complexity index is 4380. The highest BCUT2D eigenvalue weighted by Crippen LogP contribution is 2.47. The van der Waals surface area contributed by atoms with Gasteiger partial charge < -0.3 is 4.74 Å². The van der Waals surface area contributed by atoms with E-state index in [1.54, 1.807) is 0 Å². The Morgan fingerprint density at radius 3 is 1.48 bits per heavy atom. The molecule has 1 aliphatic rings. The topological polar surface area (TPSA) is 71.7 Å². The zero-order chi connectivity index (χ0) is 57.2.